The Labute approximate surface area is 143 Å². The van der Waals surface area contributed by atoms with Gasteiger partial charge in [-0.3, -0.25) is 9.59 Å². The van der Waals surface area contributed by atoms with Crippen molar-refractivity contribution in [1.29, 1.82) is 0 Å². The van der Waals surface area contributed by atoms with E-state index in [1.54, 1.807) is 24.3 Å². The SMILES string of the molecule is Cc1ccc(C)c(C(=O)Nc2ccccc2C(=O)NC(C)(C)C)c1. The molecule has 2 rings (SSSR count). The number of hydrogen-bond acceptors (Lipinski definition) is 2. The maximum absolute atomic E-state index is 12.6. The highest BCUT2D eigenvalue weighted by atomic mass is 16.2. The Morgan fingerprint density at radius 2 is 1.54 bits per heavy atom. The first kappa shape index (κ1) is 17.7. The lowest BCUT2D eigenvalue weighted by Gasteiger charge is -2.21. The van der Waals surface area contributed by atoms with Crippen molar-refractivity contribution >= 4 is 17.5 Å². The number of amides is 2. The minimum atomic E-state index is -0.346. The Balaban J connectivity index is 2.29. The molecule has 0 saturated heterocycles. The Kier molecular flexibility index (Phi) is 5.07. The summed E-state index contributed by atoms with van der Waals surface area (Å²) in [4.78, 5) is 25.1. The van der Waals surface area contributed by atoms with E-state index in [2.05, 4.69) is 10.6 Å². The fraction of sp³-hybridized carbons (Fsp3) is 0.300. The molecule has 0 aliphatic rings. The van der Waals surface area contributed by atoms with Crippen LogP contribution in [0.1, 0.15) is 52.6 Å². The largest absolute Gasteiger partial charge is 0.347 e. The minimum absolute atomic E-state index is 0.209. The molecular weight excluding hydrogens is 300 g/mol. The predicted molar refractivity (Wildman–Crippen MR) is 97.5 cm³/mol. The first-order chi connectivity index (χ1) is 11.2. The monoisotopic (exact) mass is 324 g/mol. The second-order valence-electron chi connectivity index (χ2n) is 7.02. The molecule has 4 nitrogen and oxygen atoms in total. The average molecular weight is 324 g/mol. The molecule has 0 unspecified atom stereocenters. The third-order valence-corrected chi connectivity index (χ3v) is 3.55. The number of benzene rings is 2. The predicted octanol–water partition coefficient (Wildman–Crippen LogP) is 4.08. The molecule has 2 amide bonds. The summed E-state index contributed by atoms with van der Waals surface area (Å²) in [5.74, 6) is -0.424. The van der Waals surface area contributed by atoms with Gasteiger partial charge in [0.25, 0.3) is 11.8 Å². The van der Waals surface area contributed by atoms with Crippen molar-refractivity contribution in [3.8, 4) is 0 Å². The molecule has 0 bridgehead atoms. The smallest absolute Gasteiger partial charge is 0.255 e. The van der Waals surface area contributed by atoms with Crippen molar-refractivity contribution in [1.82, 2.24) is 5.32 Å². The third-order valence-electron chi connectivity index (χ3n) is 3.55. The van der Waals surface area contributed by atoms with Crippen molar-refractivity contribution < 1.29 is 9.59 Å². The van der Waals surface area contributed by atoms with Crippen molar-refractivity contribution in [2.24, 2.45) is 0 Å². The molecular formula is C20H24N2O2. The van der Waals surface area contributed by atoms with E-state index in [0.29, 0.717) is 16.8 Å². The van der Waals surface area contributed by atoms with Crippen LogP contribution < -0.4 is 10.6 Å². The maximum Gasteiger partial charge on any atom is 0.255 e. The van der Waals surface area contributed by atoms with Crippen LogP contribution in [0.4, 0.5) is 5.69 Å². The van der Waals surface area contributed by atoms with Crippen LogP contribution in [-0.2, 0) is 0 Å². The van der Waals surface area contributed by atoms with E-state index in [9.17, 15) is 9.59 Å². The zero-order valence-corrected chi connectivity index (χ0v) is 14.9. The van der Waals surface area contributed by atoms with E-state index < -0.39 is 0 Å². The van der Waals surface area contributed by atoms with Gasteiger partial charge in [-0.2, -0.15) is 0 Å². The van der Waals surface area contributed by atoms with Crippen molar-refractivity contribution in [3.63, 3.8) is 0 Å². The molecule has 24 heavy (non-hydrogen) atoms. The summed E-state index contributed by atoms with van der Waals surface area (Å²) in [5, 5.41) is 5.78. The second kappa shape index (κ2) is 6.87. The Hall–Kier alpha value is -2.62. The summed E-state index contributed by atoms with van der Waals surface area (Å²) in [6.45, 7) is 9.60. The molecule has 0 fully saturated rings. The van der Waals surface area contributed by atoms with Crippen LogP contribution >= 0.6 is 0 Å². The zero-order chi connectivity index (χ0) is 17.9. The number of hydrogen-bond donors (Lipinski definition) is 2. The number of anilines is 1. The summed E-state index contributed by atoms with van der Waals surface area (Å²) in [6.07, 6.45) is 0. The molecule has 2 aromatic carbocycles. The number of carbonyl (C=O) groups excluding carboxylic acids is 2. The molecule has 4 heteroatoms. The summed E-state index contributed by atoms with van der Waals surface area (Å²) in [7, 11) is 0. The Morgan fingerprint density at radius 3 is 2.21 bits per heavy atom. The number of nitrogens with one attached hydrogen (secondary N) is 2. The van der Waals surface area contributed by atoms with Gasteiger partial charge >= 0.3 is 0 Å². The molecule has 0 spiro atoms. The fourth-order valence-corrected chi connectivity index (χ4v) is 2.37. The first-order valence-electron chi connectivity index (χ1n) is 7.97. The highest BCUT2D eigenvalue weighted by molar-refractivity contribution is 6.09. The highest BCUT2D eigenvalue weighted by Gasteiger charge is 2.19. The maximum atomic E-state index is 12.6. The highest BCUT2D eigenvalue weighted by Crippen LogP contribution is 2.19. The second-order valence-corrected chi connectivity index (χ2v) is 7.02. The van der Waals surface area contributed by atoms with E-state index in [-0.39, 0.29) is 17.4 Å². The normalized spacial score (nSPS) is 11.0. The van der Waals surface area contributed by atoms with Crippen molar-refractivity contribution in [2.45, 2.75) is 40.2 Å². The minimum Gasteiger partial charge on any atom is -0.347 e. The molecule has 0 atom stereocenters. The van der Waals surface area contributed by atoms with Crippen LogP contribution in [0, 0.1) is 13.8 Å². The third kappa shape index (κ3) is 4.44. The zero-order valence-electron chi connectivity index (χ0n) is 14.9. The lowest BCUT2D eigenvalue weighted by Crippen LogP contribution is -2.40. The molecule has 0 aliphatic heterocycles. The first-order valence-corrected chi connectivity index (χ1v) is 7.97. The summed E-state index contributed by atoms with van der Waals surface area (Å²) in [6, 6.07) is 12.8. The van der Waals surface area contributed by atoms with Crippen LogP contribution in [0.25, 0.3) is 0 Å². The van der Waals surface area contributed by atoms with E-state index in [1.807, 2.05) is 52.8 Å². The van der Waals surface area contributed by atoms with E-state index in [1.165, 1.54) is 0 Å². The number of aryl methyl sites for hydroxylation is 2. The van der Waals surface area contributed by atoms with Gasteiger partial charge in [0.2, 0.25) is 0 Å². The lowest BCUT2D eigenvalue weighted by molar-refractivity contribution is 0.0920. The summed E-state index contributed by atoms with van der Waals surface area (Å²) < 4.78 is 0. The Bertz CT molecular complexity index is 773. The van der Waals surface area contributed by atoms with E-state index >= 15 is 0 Å². The van der Waals surface area contributed by atoms with Crippen LogP contribution in [0.15, 0.2) is 42.5 Å². The summed E-state index contributed by atoms with van der Waals surface area (Å²) >= 11 is 0. The molecule has 0 aromatic heterocycles. The van der Waals surface area contributed by atoms with E-state index in [0.717, 1.165) is 11.1 Å². The number of para-hydroxylation sites is 1. The van der Waals surface area contributed by atoms with Gasteiger partial charge in [0, 0.05) is 11.1 Å². The number of rotatable bonds is 3. The van der Waals surface area contributed by atoms with Crippen LogP contribution in [0.5, 0.6) is 0 Å². The quantitative estimate of drug-likeness (QED) is 0.893. The van der Waals surface area contributed by atoms with Gasteiger partial charge in [-0.15, -0.1) is 0 Å². The van der Waals surface area contributed by atoms with Gasteiger partial charge in [-0.25, -0.2) is 0 Å². The number of carbonyl (C=O) groups is 2. The van der Waals surface area contributed by atoms with Gasteiger partial charge in [0.15, 0.2) is 0 Å². The van der Waals surface area contributed by atoms with E-state index in [4.69, 9.17) is 0 Å². The van der Waals surface area contributed by atoms with Crippen molar-refractivity contribution in [2.75, 3.05) is 5.32 Å². The van der Waals surface area contributed by atoms with Gasteiger partial charge in [-0.05, 0) is 58.4 Å². The Morgan fingerprint density at radius 1 is 0.875 bits per heavy atom. The van der Waals surface area contributed by atoms with Gasteiger partial charge in [0.1, 0.15) is 0 Å². The van der Waals surface area contributed by atoms with Crippen molar-refractivity contribution in [3.05, 3.63) is 64.7 Å². The standard InChI is InChI=1S/C20H24N2O2/c1-13-10-11-14(2)16(12-13)18(23)21-17-9-7-6-8-15(17)19(24)22-20(3,4)5/h6-12H,1-5H3,(H,21,23)(H,22,24). The fourth-order valence-electron chi connectivity index (χ4n) is 2.37. The van der Waals surface area contributed by atoms with Crippen LogP contribution in [0.3, 0.4) is 0 Å². The van der Waals surface area contributed by atoms with Gasteiger partial charge in [0.05, 0.1) is 11.3 Å². The molecule has 2 aromatic rings. The lowest BCUT2D eigenvalue weighted by atomic mass is 10.0. The molecule has 126 valence electrons. The topological polar surface area (TPSA) is 58.2 Å². The van der Waals surface area contributed by atoms with Gasteiger partial charge in [-0.1, -0.05) is 29.8 Å². The van der Waals surface area contributed by atoms with Crippen LogP contribution in [0.2, 0.25) is 0 Å². The summed E-state index contributed by atoms with van der Waals surface area (Å²) in [5.41, 5.74) is 3.14. The molecule has 0 heterocycles. The molecule has 0 radical (unpaired) electrons. The average Bonchev–Trinajstić information content (AvgIpc) is 2.48. The van der Waals surface area contributed by atoms with Gasteiger partial charge < -0.3 is 10.6 Å². The van der Waals surface area contributed by atoms with Crippen LogP contribution in [-0.4, -0.2) is 17.4 Å². The molecule has 2 N–H and O–H groups in total. The molecule has 0 aliphatic carbocycles. The molecule has 0 saturated carbocycles.